The summed E-state index contributed by atoms with van der Waals surface area (Å²) in [6.07, 6.45) is 0.799. The van der Waals surface area contributed by atoms with E-state index in [0.717, 1.165) is 43.4 Å². The number of rotatable bonds is 9. The van der Waals surface area contributed by atoms with Crippen LogP contribution < -0.4 is 9.62 Å². The quantitative estimate of drug-likeness (QED) is 0.538. The average molecular weight is 499 g/mol. The van der Waals surface area contributed by atoms with Crippen molar-refractivity contribution < 1.29 is 13.2 Å². The van der Waals surface area contributed by atoms with Crippen molar-refractivity contribution >= 4 is 44.8 Å². The smallest absolute Gasteiger partial charge is 0.264 e. The number of nitrogens with zero attached hydrogens (tertiary/aromatic N) is 3. The number of sulfonamides is 1. The highest BCUT2D eigenvalue weighted by molar-refractivity contribution is 7.92. The molecule has 0 aliphatic carbocycles. The van der Waals surface area contributed by atoms with Gasteiger partial charge >= 0.3 is 0 Å². The molecule has 1 amide bonds. The molecule has 174 valence electrons. The van der Waals surface area contributed by atoms with E-state index in [1.807, 2.05) is 0 Å². The number of benzene rings is 2. The first kappa shape index (κ1) is 24.8. The van der Waals surface area contributed by atoms with E-state index < -0.39 is 10.0 Å². The van der Waals surface area contributed by atoms with Crippen molar-refractivity contribution in [3.05, 3.63) is 58.6 Å². The molecule has 10 heteroatoms. The fourth-order valence-electron chi connectivity index (χ4n) is 3.46. The fourth-order valence-corrected chi connectivity index (χ4v) is 5.19. The van der Waals surface area contributed by atoms with Gasteiger partial charge in [0.15, 0.2) is 0 Å². The number of piperazine rings is 1. The summed E-state index contributed by atoms with van der Waals surface area (Å²) in [7, 11) is -1.86. The maximum Gasteiger partial charge on any atom is 0.264 e. The molecule has 1 fully saturated rings. The average Bonchev–Trinajstić information content (AvgIpc) is 2.79. The maximum absolute atomic E-state index is 13.3. The molecule has 1 N–H and O–H groups in total. The van der Waals surface area contributed by atoms with Gasteiger partial charge < -0.3 is 15.1 Å². The molecule has 0 unspecified atom stereocenters. The first-order valence-corrected chi connectivity index (χ1v) is 12.7. The van der Waals surface area contributed by atoms with Crippen LogP contribution in [0.2, 0.25) is 10.0 Å². The van der Waals surface area contributed by atoms with Crippen molar-refractivity contribution in [2.75, 3.05) is 57.2 Å². The summed E-state index contributed by atoms with van der Waals surface area (Å²) < 4.78 is 27.6. The fraction of sp³-hybridized carbons (Fsp3) is 0.409. The number of hydrogen-bond donors (Lipinski definition) is 1. The van der Waals surface area contributed by atoms with Gasteiger partial charge in [0.1, 0.15) is 6.54 Å². The van der Waals surface area contributed by atoms with Gasteiger partial charge in [0.05, 0.1) is 20.6 Å². The minimum absolute atomic E-state index is 0.0916. The van der Waals surface area contributed by atoms with Crippen LogP contribution in [-0.4, -0.2) is 77.0 Å². The predicted octanol–water partition coefficient (Wildman–Crippen LogP) is 2.94. The van der Waals surface area contributed by atoms with Crippen LogP contribution in [0.4, 0.5) is 5.69 Å². The second kappa shape index (κ2) is 11.3. The first-order valence-electron chi connectivity index (χ1n) is 10.5. The lowest BCUT2D eigenvalue weighted by atomic mass is 10.3. The van der Waals surface area contributed by atoms with Gasteiger partial charge in [-0.2, -0.15) is 0 Å². The van der Waals surface area contributed by atoms with Crippen molar-refractivity contribution in [3.8, 4) is 0 Å². The Morgan fingerprint density at radius 1 is 1.03 bits per heavy atom. The summed E-state index contributed by atoms with van der Waals surface area (Å²) >= 11 is 12.1. The van der Waals surface area contributed by atoms with Gasteiger partial charge in [0.25, 0.3) is 10.0 Å². The minimum atomic E-state index is -3.97. The number of halogens is 2. The Morgan fingerprint density at radius 3 is 2.38 bits per heavy atom. The van der Waals surface area contributed by atoms with E-state index in [1.165, 1.54) is 30.3 Å². The molecule has 0 bridgehead atoms. The van der Waals surface area contributed by atoms with E-state index in [4.69, 9.17) is 23.2 Å². The van der Waals surface area contributed by atoms with Gasteiger partial charge in [-0.05, 0) is 50.3 Å². The molecule has 1 heterocycles. The van der Waals surface area contributed by atoms with E-state index in [9.17, 15) is 13.2 Å². The van der Waals surface area contributed by atoms with Gasteiger partial charge in [0.2, 0.25) is 5.91 Å². The van der Waals surface area contributed by atoms with Gasteiger partial charge in [0, 0.05) is 32.7 Å². The van der Waals surface area contributed by atoms with Crippen molar-refractivity contribution in [2.24, 2.45) is 0 Å². The molecule has 0 spiro atoms. The molecule has 7 nitrogen and oxygen atoms in total. The third-order valence-corrected chi connectivity index (χ3v) is 7.91. The van der Waals surface area contributed by atoms with Gasteiger partial charge in [-0.25, -0.2) is 8.42 Å². The molecule has 32 heavy (non-hydrogen) atoms. The molecular weight excluding hydrogens is 471 g/mol. The molecule has 1 saturated heterocycles. The van der Waals surface area contributed by atoms with Crippen molar-refractivity contribution in [3.63, 3.8) is 0 Å². The standard InChI is InChI=1S/C22H28Cl2N4O3S/c1-26-12-14-27(15-13-26)11-5-10-25-22(29)17-28(18-8-9-20(23)21(24)16-18)32(30,31)19-6-3-2-4-7-19/h2-4,6-9,16H,5,10-15,17H2,1H3,(H,25,29). The van der Waals surface area contributed by atoms with Crippen molar-refractivity contribution in [2.45, 2.75) is 11.3 Å². The van der Waals surface area contributed by atoms with Gasteiger partial charge in [-0.1, -0.05) is 41.4 Å². The zero-order valence-corrected chi connectivity index (χ0v) is 20.3. The maximum atomic E-state index is 13.3. The summed E-state index contributed by atoms with van der Waals surface area (Å²) in [5.41, 5.74) is 0.274. The molecule has 1 aliphatic heterocycles. The second-order valence-electron chi connectivity index (χ2n) is 7.77. The van der Waals surface area contributed by atoms with Crippen molar-refractivity contribution in [1.82, 2.24) is 15.1 Å². The van der Waals surface area contributed by atoms with Crippen LogP contribution in [0.3, 0.4) is 0 Å². The van der Waals surface area contributed by atoms with Crippen LogP contribution in [0, 0.1) is 0 Å². The lowest BCUT2D eigenvalue weighted by molar-refractivity contribution is -0.119. The van der Waals surface area contributed by atoms with Crippen LogP contribution in [-0.2, 0) is 14.8 Å². The molecular formula is C22H28Cl2N4O3S. The Kier molecular flexibility index (Phi) is 8.79. The van der Waals surface area contributed by atoms with Gasteiger partial charge in [-0.3, -0.25) is 9.10 Å². The molecule has 0 atom stereocenters. The van der Waals surface area contributed by atoms with Crippen molar-refractivity contribution in [1.29, 1.82) is 0 Å². The molecule has 0 saturated carbocycles. The SMILES string of the molecule is CN1CCN(CCCNC(=O)CN(c2ccc(Cl)c(Cl)c2)S(=O)(=O)c2ccccc2)CC1. The van der Waals surface area contributed by atoms with Gasteiger partial charge in [-0.15, -0.1) is 0 Å². The Balaban J connectivity index is 1.66. The van der Waals surface area contributed by atoms with E-state index in [0.29, 0.717) is 11.6 Å². The Morgan fingerprint density at radius 2 is 1.72 bits per heavy atom. The zero-order valence-electron chi connectivity index (χ0n) is 18.0. The summed E-state index contributed by atoms with van der Waals surface area (Å²) in [5.74, 6) is -0.381. The zero-order chi connectivity index (χ0) is 23.1. The summed E-state index contributed by atoms with van der Waals surface area (Å²) in [4.78, 5) is 17.4. The molecule has 3 rings (SSSR count). The molecule has 0 radical (unpaired) electrons. The number of anilines is 1. The Labute approximate surface area is 199 Å². The van der Waals surface area contributed by atoms with E-state index in [2.05, 4.69) is 22.2 Å². The lowest BCUT2D eigenvalue weighted by Crippen LogP contribution is -2.45. The highest BCUT2D eigenvalue weighted by atomic mass is 35.5. The van der Waals surface area contributed by atoms with E-state index in [-0.39, 0.29) is 28.1 Å². The third-order valence-electron chi connectivity index (χ3n) is 5.38. The highest BCUT2D eigenvalue weighted by Crippen LogP contribution is 2.30. The largest absolute Gasteiger partial charge is 0.354 e. The topological polar surface area (TPSA) is 73.0 Å². The van der Waals surface area contributed by atoms with E-state index >= 15 is 0 Å². The number of likely N-dealkylation sites (N-methyl/N-ethyl adjacent to an activating group) is 1. The Hall–Kier alpha value is -1.84. The lowest BCUT2D eigenvalue weighted by Gasteiger charge is -2.32. The molecule has 2 aromatic carbocycles. The predicted molar refractivity (Wildman–Crippen MR) is 129 cm³/mol. The first-order chi connectivity index (χ1) is 15.3. The van der Waals surface area contributed by atoms with Crippen LogP contribution >= 0.6 is 23.2 Å². The second-order valence-corrected chi connectivity index (χ2v) is 10.4. The van der Waals surface area contributed by atoms with Crippen LogP contribution in [0.15, 0.2) is 53.4 Å². The monoisotopic (exact) mass is 498 g/mol. The van der Waals surface area contributed by atoms with Crippen LogP contribution in [0.1, 0.15) is 6.42 Å². The number of nitrogens with one attached hydrogen (secondary N) is 1. The third kappa shape index (κ3) is 6.59. The van der Waals surface area contributed by atoms with Crippen LogP contribution in [0.25, 0.3) is 0 Å². The summed E-state index contributed by atoms with van der Waals surface area (Å²) in [6, 6.07) is 12.5. The summed E-state index contributed by atoms with van der Waals surface area (Å²) in [6.45, 7) is 5.14. The normalized spacial score (nSPS) is 15.5. The van der Waals surface area contributed by atoms with E-state index in [1.54, 1.807) is 18.2 Å². The number of hydrogen-bond acceptors (Lipinski definition) is 5. The number of amides is 1. The number of carbonyl (C=O) groups excluding carboxylic acids is 1. The molecule has 0 aromatic heterocycles. The molecule has 2 aromatic rings. The number of carbonyl (C=O) groups is 1. The highest BCUT2D eigenvalue weighted by Gasteiger charge is 2.27. The van der Waals surface area contributed by atoms with Crippen LogP contribution in [0.5, 0.6) is 0 Å². The summed E-state index contributed by atoms with van der Waals surface area (Å²) in [5, 5.41) is 3.36. The molecule has 1 aliphatic rings. The Bertz CT molecular complexity index is 1010. The minimum Gasteiger partial charge on any atom is -0.354 e.